The van der Waals surface area contributed by atoms with Crippen molar-refractivity contribution in [3.05, 3.63) is 122 Å². The Morgan fingerprint density at radius 1 is 0.829 bits per heavy atom. The number of halogens is 2. The first-order valence-electron chi connectivity index (χ1n) is 12.8. The summed E-state index contributed by atoms with van der Waals surface area (Å²) >= 11 is 11.4. The van der Waals surface area contributed by atoms with Crippen molar-refractivity contribution in [1.82, 2.24) is 0 Å². The molecule has 0 aromatic heterocycles. The molecule has 1 heterocycles. The summed E-state index contributed by atoms with van der Waals surface area (Å²) in [5.41, 5.74) is 2.74. The number of anilines is 2. The van der Waals surface area contributed by atoms with Crippen molar-refractivity contribution in [3.8, 4) is 11.5 Å². The van der Waals surface area contributed by atoms with E-state index in [1.165, 1.54) is 9.80 Å². The lowest BCUT2D eigenvalue weighted by Gasteiger charge is -2.36. The zero-order chi connectivity index (χ0) is 28.9. The summed E-state index contributed by atoms with van der Waals surface area (Å²) in [7, 11) is 0. The lowest BCUT2D eigenvalue weighted by atomic mass is 10.0. The molecule has 0 unspecified atom stereocenters. The Morgan fingerprint density at radius 3 is 1.95 bits per heavy atom. The van der Waals surface area contributed by atoms with E-state index in [1.54, 1.807) is 36.4 Å². The predicted molar refractivity (Wildman–Crippen MR) is 177 cm³/mol. The van der Waals surface area contributed by atoms with Gasteiger partial charge in [0.05, 0.1) is 21.6 Å². The van der Waals surface area contributed by atoms with Gasteiger partial charge in [0.2, 0.25) is 0 Å². The van der Waals surface area contributed by atoms with Crippen molar-refractivity contribution in [3.63, 3.8) is 0 Å². The molecular weight excluding hydrogens is 715 g/mol. The van der Waals surface area contributed by atoms with Crippen LogP contribution in [0.2, 0.25) is 0 Å². The fourth-order valence-corrected chi connectivity index (χ4v) is 5.90. The Morgan fingerprint density at radius 2 is 1.39 bits per heavy atom. The number of hydrogen-bond acceptors (Lipinski definition) is 5. The Bertz CT molecular complexity index is 1580. The molecule has 0 aliphatic carbocycles. The van der Waals surface area contributed by atoms with E-state index in [2.05, 4.69) is 38.5 Å². The maximum absolute atomic E-state index is 13.8. The standard InChI is InChI=1S/C32H24BrIN2O4S/c1-2-39-28-19-21(18-27(34)29(28)40-20-22-11-9-10-16-26(22)33)17-25-30(37)35(23-12-5-3-6-13-23)32(41)36(31(25)38)24-14-7-4-8-15-24/h3-19H,2,20H2,1H3. The quantitative estimate of drug-likeness (QED) is 0.0801. The zero-order valence-electron chi connectivity index (χ0n) is 21.9. The van der Waals surface area contributed by atoms with Crippen LogP contribution in [-0.4, -0.2) is 23.5 Å². The van der Waals surface area contributed by atoms with Crippen molar-refractivity contribution in [2.24, 2.45) is 0 Å². The summed E-state index contributed by atoms with van der Waals surface area (Å²) in [5, 5.41) is 0.0926. The molecule has 0 spiro atoms. The average Bonchev–Trinajstić information content (AvgIpc) is 2.97. The topological polar surface area (TPSA) is 59.1 Å². The molecular formula is C32H24BrIN2O4S. The second-order valence-corrected chi connectivity index (χ2v) is 11.3. The van der Waals surface area contributed by atoms with E-state index in [1.807, 2.05) is 73.7 Å². The number of nitrogens with zero attached hydrogens (tertiary/aromatic N) is 2. The van der Waals surface area contributed by atoms with Gasteiger partial charge < -0.3 is 9.47 Å². The summed E-state index contributed by atoms with van der Waals surface area (Å²) < 4.78 is 13.9. The molecule has 1 fully saturated rings. The van der Waals surface area contributed by atoms with Crippen molar-refractivity contribution >= 4 is 85.1 Å². The number of amides is 2. The highest BCUT2D eigenvalue weighted by Gasteiger charge is 2.41. The van der Waals surface area contributed by atoms with Crippen LogP contribution in [-0.2, 0) is 16.2 Å². The van der Waals surface area contributed by atoms with Crippen LogP contribution in [0.5, 0.6) is 11.5 Å². The summed E-state index contributed by atoms with van der Waals surface area (Å²) in [5.74, 6) is 0.107. The van der Waals surface area contributed by atoms with E-state index in [0.29, 0.717) is 41.7 Å². The van der Waals surface area contributed by atoms with E-state index in [4.69, 9.17) is 21.7 Å². The Kier molecular flexibility index (Phi) is 9.16. The van der Waals surface area contributed by atoms with Crippen LogP contribution in [0.15, 0.2) is 107 Å². The number of carbonyl (C=O) groups is 2. The molecule has 1 saturated heterocycles. The highest BCUT2D eigenvalue weighted by molar-refractivity contribution is 14.1. The van der Waals surface area contributed by atoms with Gasteiger partial charge in [-0.05, 0) is 95.8 Å². The van der Waals surface area contributed by atoms with Crippen LogP contribution >= 0.6 is 50.7 Å². The van der Waals surface area contributed by atoms with Gasteiger partial charge in [0.15, 0.2) is 16.6 Å². The van der Waals surface area contributed by atoms with E-state index in [9.17, 15) is 9.59 Å². The second-order valence-electron chi connectivity index (χ2n) is 8.94. The van der Waals surface area contributed by atoms with Gasteiger partial charge in [-0.1, -0.05) is 70.5 Å². The molecule has 6 nitrogen and oxygen atoms in total. The Labute approximate surface area is 265 Å². The lowest BCUT2D eigenvalue weighted by Crippen LogP contribution is -2.56. The Hall–Kier alpha value is -3.54. The number of para-hydroxylation sites is 2. The highest BCUT2D eigenvalue weighted by Crippen LogP contribution is 2.37. The molecule has 41 heavy (non-hydrogen) atoms. The molecule has 0 atom stereocenters. The van der Waals surface area contributed by atoms with Crippen LogP contribution < -0.4 is 19.3 Å². The molecule has 0 saturated carbocycles. The molecule has 4 aromatic carbocycles. The SMILES string of the molecule is CCOc1cc(C=C2C(=O)N(c3ccccc3)C(=S)N(c3ccccc3)C2=O)cc(I)c1OCc1ccccc1Br. The number of rotatable bonds is 8. The fraction of sp³-hybridized carbons (Fsp3) is 0.0938. The third-order valence-electron chi connectivity index (χ3n) is 6.25. The second kappa shape index (κ2) is 13.0. The molecule has 9 heteroatoms. The van der Waals surface area contributed by atoms with E-state index >= 15 is 0 Å². The van der Waals surface area contributed by atoms with Crippen LogP contribution in [0, 0.1) is 3.57 Å². The molecule has 206 valence electrons. The molecule has 2 amide bonds. The van der Waals surface area contributed by atoms with Crippen LogP contribution in [0.4, 0.5) is 11.4 Å². The number of carbonyl (C=O) groups excluding carboxylic acids is 2. The first kappa shape index (κ1) is 29.0. The van der Waals surface area contributed by atoms with Gasteiger partial charge in [-0.15, -0.1) is 0 Å². The van der Waals surface area contributed by atoms with Gasteiger partial charge in [0.25, 0.3) is 11.8 Å². The fourth-order valence-electron chi connectivity index (χ4n) is 4.35. The smallest absolute Gasteiger partial charge is 0.270 e. The number of benzene rings is 4. The first-order chi connectivity index (χ1) is 19.9. The summed E-state index contributed by atoms with van der Waals surface area (Å²) in [4.78, 5) is 30.5. The molecule has 5 rings (SSSR count). The van der Waals surface area contributed by atoms with E-state index in [-0.39, 0.29) is 10.7 Å². The molecule has 0 N–H and O–H groups in total. The molecule has 1 aliphatic heterocycles. The van der Waals surface area contributed by atoms with Gasteiger partial charge >= 0.3 is 0 Å². The Balaban J connectivity index is 1.56. The minimum Gasteiger partial charge on any atom is -0.490 e. The largest absolute Gasteiger partial charge is 0.490 e. The normalized spacial score (nSPS) is 13.4. The van der Waals surface area contributed by atoms with Crippen molar-refractivity contribution in [1.29, 1.82) is 0 Å². The minimum atomic E-state index is -0.499. The summed E-state index contributed by atoms with van der Waals surface area (Å²) in [6.45, 7) is 2.64. The third-order valence-corrected chi connectivity index (χ3v) is 8.19. The lowest BCUT2D eigenvalue weighted by molar-refractivity contribution is -0.120. The zero-order valence-corrected chi connectivity index (χ0v) is 26.5. The summed E-state index contributed by atoms with van der Waals surface area (Å²) in [6, 6.07) is 29.6. The maximum atomic E-state index is 13.8. The number of thiocarbonyl (C=S) groups is 1. The van der Waals surface area contributed by atoms with E-state index in [0.717, 1.165) is 13.6 Å². The summed E-state index contributed by atoms with van der Waals surface area (Å²) in [6.07, 6.45) is 1.58. The molecule has 0 radical (unpaired) electrons. The van der Waals surface area contributed by atoms with Crippen LogP contribution in [0.3, 0.4) is 0 Å². The van der Waals surface area contributed by atoms with Gasteiger partial charge in [-0.3, -0.25) is 19.4 Å². The van der Waals surface area contributed by atoms with Crippen molar-refractivity contribution in [2.45, 2.75) is 13.5 Å². The maximum Gasteiger partial charge on any atom is 0.270 e. The van der Waals surface area contributed by atoms with Crippen molar-refractivity contribution < 1.29 is 19.1 Å². The average molecular weight is 739 g/mol. The third kappa shape index (κ3) is 6.22. The van der Waals surface area contributed by atoms with E-state index < -0.39 is 11.8 Å². The van der Waals surface area contributed by atoms with Gasteiger partial charge in [-0.2, -0.15) is 0 Å². The molecule has 4 aromatic rings. The first-order valence-corrected chi connectivity index (χ1v) is 15.0. The predicted octanol–water partition coefficient (Wildman–Crippen LogP) is 7.78. The van der Waals surface area contributed by atoms with Crippen molar-refractivity contribution in [2.75, 3.05) is 16.4 Å². The molecule has 0 bridgehead atoms. The minimum absolute atomic E-state index is 0.0218. The van der Waals surface area contributed by atoms with Gasteiger partial charge in [0, 0.05) is 10.0 Å². The monoisotopic (exact) mass is 738 g/mol. The van der Waals surface area contributed by atoms with Gasteiger partial charge in [-0.25, -0.2) is 0 Å². The van der Waals surface area contributed by atoms with Crippen LogP contribution in [0.1, 0.15) is 18.1 Å². The number of ether oxygens (including phenoxy) is 2. The van der Waals surface area contributed by atoms with Crippen LogP contribution in [0.25, 0.3) is 6.08 Å². The number of hydrogen-bond donors (Lipinski definition) is 0. The van der Waals surface area contributed by atoms with Gasteiger partial charge in [0.1, 0.15) is 12.2 Å². The molecule has 1 aliphatic rings. The highest BCUT2D eigenvalue weighted by atomic mass is 127.